The molecule has 0 unspecified atom stereocenters. The number of aromatic nitrogens is 3. The highest BCUT2D eigenvalue weighted by molar-refractivity contribution is 6.31. The molecule has 0 saturated carbocycles. The molecule has 0 spiro atoms. The SMILES string of the molecule is Cc1cc(C(=O)Nc2ccc(OCc3ccccc3Cl)cc2)c2c(C)nn(C)c2n1. The highest BCUT2D eigenvalue weighted by atomic mass is 35.5. The topological polar surface area (TPSA) is 69.0 Å². The minimum atomic E-state index is -0.202. The number of hydrogen-bond donors (Lipinski definition) is 1. The number of carbonyl (C=O) groups is 1. The van der Waals surface area contributed by atoms with Gasteiger partial charge in [0.25, 0.3) is 5.91 Å². The summed E-state index contributed by atoms with van der Waals surface area (Å²) in [6.45, 7) is 4.12. The van der Waals surface area contributed by atoms with E-state index in [9.17, 15) is 4.79 Å². The molecule has 0 radical (unpaired) electrons. The zero-order valence-electron chi connectivity index (χ0n) is 16.9. The van der Waals surface area contributed by atoms with Crippen molar-refractivity contribution in [1.82, 2.24) is 14.8 Å². The zero-order valence-corrected chi connectivity index (χ0v) is 17.7. The van der Waals surface area contributed by atoms with Gasteiger partial charge in [0.2, 0.25) is 0 Å². The van der Waals surface area contributed by atoms with Crippen LogP contribution in [-0.2, 0) is 13.7 Å². The highest BCUT2D eigenvalue weighted by Gasteiger charge is 2.18. The summed E-state index contributed by atoms with van der Waals surface area (Å²) < 4.78 is 7.49. The fourth-order valence-electron chi connectivity index (χ4n) is 3.36. The second-order valence-corrected chi connectivity index (χ2v) is 7.48. The molecule has 7 heteroatoms. The first kappa shape index (κ1) is 19.9. The van der Waals surface area contributed by atoms with Crippen molar-refractivity contribution in [2.24, 2.45) is 7.05 Å². The maximum atomic E-state index is 13.0. The van der Waals surface area contributed by atoms with Gasteiger partial charge in [-0.25, -0.2) is 4.98 Å². The van der Waals surface area contributed by atoms with E-state index in [1.165, 1.54) is 0 Å². The largest absolute Gasteiger partial charge is 0.489 e. The van der Waals surface area contributed by atoms with Crippen LogP contribution < -0.4 is 10.1 Å². The number of amides is 1. The molecule has 0 aliphatic carbocycles. The summed E-state index contributed by atoms with van der Waals surface area (Å²) in [5, 5.41) is 8.77. The second-order valence-electron chi connectivity index (χ2n) is 7.08. The smallest absolute Gasteiger partial charge is 0.256 e. The molecule has 0 aliphatic heterocycles. The number of pyridine rings is 1. The Morgan fingerprint density at radius 2 is 1.87 bits per heavy atom. The van der Waals surface area contributed by atoms with E-state index in [4.69, 9.17) is 16.3 Å². The van der Waals surface area contributed by atoms with Gasteiger partial charge in [0.05, 0.1) is 16.6 Å². The molecule has 0 saturated heterocycles. The lowest BCUT2D eigenvalue weighted by Crippen LogP contribution is -2.13. The third-order valence-electron chi connectivity index (χ3n) is 4.81. The fourth-order valence-corrected chi connectivity index (χ4v) is 3.55. The van der Waals surface area contributed by atoms with Gasteiger partial charge in [-0.15, -0.1) is 0 Å². The number of nitrogens with zero attached hydrogens (tertiary/aromatic N) is 3. The van der Waals surface area contributed by atoms with Crippen LogP contribution in [0.15, 0.2) is 54.6 Å². The van der Waals surface area contributed by atoms with Crippen LogP contribution in [0, 0.1) is 13.8 Å². The standard InChI is InChI=1S/C23H21ClN4O2/c1-14-12-19(21-15(2)27-28(3)22(21)25-14)23(29)26-17-8-10-18(11-9-17)30-13-16-6-4-5-7-20(16)24/h4-12H,13H2,1-3H3,(H,26,29). The summed E-state index contributed by atoms with van der Waals surface area (Å²) in [4.78, 5) is 17.5. The first-order valence-corrected chi connectivity index (χ1v) is 9.89. The van der Waals surface area contributed by atoms with Gasteiger partial charge in [-0.2, -0.15) is 5.10 Å². The number of carbonyl (C=O) groups excluding carboxylic acids is 1. The van der Waals surface area contributed by atoms with Crippen LogP contribution in [0.2, 0.25) is 5.02 Å². The van der Waals surface area contributed by atoms with Crippen LogP contribution in [0.25, 0.3) is 11.0 Å². The summed E-state index contributed by atoms with van der Waals surface area (Å²) in [7, 11) is 1.82. The summed E-state index contributed by atoms with van der Waals surface area (Å²) >= 11 is 6.16. The van der Waals surface area contributed by atoms with Gasteiger partial charge < -0.3 is 10.1 Å². The molecule has 0 atom stereocenters. The lowest BCUT2D eigenvalue weighted by Gasteiger charge is -2.10. The Balaban J connectivity index is 1.49. The molecule has 1 amide bonds. The highest BCUT2D eigenvalue weighted by Crippen LogP contribution is 2.24. The molecule has 2 aromatic heterocycles. The van der Waals surface area contributed by atoms with E-state index in [1.807, 2.05) is 57.3 Å². The number of nitrogens with one attached hydrogen (secondary N) is 1. The van der Waals surface area contributed by atoms with Gasteiger partial charge in [0, 0.05) is 29.0 Å². The van der Waals surface area contributed by atoms with Crippen molar-refractivity contribution in [3.8, 4) is 5.75 Å². The van der Waals surface area contributed by atoms with E-state index < -0.39 is 0 Å². The Kier molecular flexibility index (Phi) is 5.42. The van der Waals surface area contributed by atoms with Crippen molar-refractivity contribution in [1.29, 1.82) is 0 Å². The van der Waals surface area contributed by atoms with Gasteiger partial charge >= 0.3 is 0 Å². The van der Waals surface area contributed by atoms with Crippen LogP contribution in [-0.4, -0.2) is 20.7 Å². The first-order valence-electron chi connectivity index (χ1n) is 9.51. The number of ether oxygens (including phenoxy) is 1. The summed E-state index contributed by atoms with van der Waals surface area (Å²) in [6.07, 6.45) is 0. The second kappa shape index (κ2) is 8.16. The van der Waals surface area contributed by atoms with Gasteiger partial charge in [-0.1, -0.05) is 29.8 Å². The van der Waals surface area contributed by atoms with Gasteiger partial charge in [-0.3, -0.25) is 9.48 Å². The lowest BCUT2D eigenvalue weighted by molar-refractivity contribution is 0.102. The van der Waals surface area contributed by atoms with Crippen molar-refractivity contribution in [2.75, 3.05) is 5.32 Å². The molecular formula is C23H21ClN4O2. The predicted octanol–water partition coefficient (Wildman–Crippen LogP) is 5.07. The van der Waals surface area contributed by atoms with Crippen molar-refractivity contribution in [3.05, 3.63) is 82.1 Å². The predicted molar refractivity (Wildman–Crippen MR) is 118 cm³/mol. The summed E-state index contributed by atoms with van der Waals surface area (Å²) in [5.41, 5.74) is 4.38. The number of aryl methyl sites for hydroxylation is 3. The van der Waals surface area contributed by atoms with Crippen molar-refractivity contribution in [2.45, 2.75) is 20.5 Å². The van der Waals surface area contributed by atoms with Gasteiger partial charge in [0.1, 0.15) is 12.4 Å². The molecule has 0 fully saturated rings. The number of rotatable bonds is 5. The molecule has 0 bridgehead atoms. The van der Waals surface area contributed by atoms with Crippen molar-refractivity contribution < 1.29 is 9.53 Å². The van der Waals surface area contributed by atoms with E-state index in [2.05, 4.69) is 15.4 Å². The maximum Gasteiger partial charge on any atom is 0.256 e. The molecule has 4 rings (SSSR count). The molecule has 30 heavy (non-hydrogen) atoms. The number of halogens is 1. The average Bonchev–Trinajstić information content (AvgIpc) is 3.01. The molecule has 2 heterocycles. The maximum absolute atomic E-state index is 13.0. The third-order valence-corrected chi connectivity index (χ3v) is 5.17. The van der Waals surface area contributed by atoms with Gasteiger partial charge in [0.15, 0.2) is 5.65 Å². The van der Waals surface area contributed by atoms with Crippen molar-refractivity contribution >= 4 is 34.2 Å². The van der Waals surface area contributed by atoms with Crippen molar-refractivity contribution in [3.63, 3.8) is 0 Å². The average molecular weight is 421 g/mol. The van der Waals surface area contributed by atoms with Crippen LogP contribution >= 0.6 is 11.6 Å². The Morgan fingerprint density at radius 3 is 2.60 bits per heavy atom. The lowest BCUT2D eigenvalue weighted by atomic mass is 10.1. The Labute approximate surface area is 179 Å². The molecule has 2 aromatic carbocycles. The monoisotopic (exact) mass is 420 g/mol. The molecule has 152 valence electrons. The summed E-state index contributed by atoms with van der Waals surface area (Å²) in [5.74, 6) is 0.490. The van der Waals surface area contributed by atoms with Crippen LogP contribution in [0.3, 0.4) is 0 Å². The Hall–Kier alpha value is -3.38. The molecule has 6 nitrogen and oxygen atoms in total. The van der Waals surface area contributed by atoms with Crippen LogP contribution in [0.5, 0.6) is 5.75 Å². The third kappa shape index (κ3) is 4.00. The molecule has 4 aromatic rings. The molecule has 0 aliphatic rings. The number of anilines is 1. The van der Waals surface area contributed by atoms with Gasteiger partial charge in [-0.05, 0) is 50.2 Å². The molecular weight excluding hydrogens is 400 g/mol. The number of benzene rings is 2. The summed E-state index contributed by atoms with van der Waals surface area (Å²) in [6, 6.07) is 16.6. The van der Waals surface area contributed by atoms with E-state index in [-0.39, 0.29) is 5.91 Å². The van der Waals surface area contributed by atoms with Crippen LogP contribution in [0.1, 0.15) is 27.3 Å². The normalized spacial score (nSPS) is 10.9. The van der Waals surface area contributed by atoms with E-state index >= 15 is 0 Å². The minimum absolute atomic E-state index is 0.202. The Bertz CT molecular complexity index is 1230. The zero-order chi connectivity index (χ0) is 21.3. The number of hydrogen-bond acceptors (Lipinski definition) is 4. The minimum Gasteiger partial charge on any atom is -0.489 e. The fraction of sp³-hybridized carbons (Fsp3) is 0.174. The number of fused-ring (bicyclic) bond motifs is 1. The van der Waals surface area contributed by atoms with E-state index in [0.717, 1.165) is 22.3 Å². The Morgan fingerprint density at radius 1 is 1.13 bits per heavy atom. The van der Waals surface area contributed by atoms with E-state index in [1.54, 1.807) is 22.9 Å². The van der Waals surface area contributed by atoms with Crippen LogP contribution in [0.4, 0.5) is 5.69 Å². The first-order chi connectivity index (χ1) is 14.4. The quantitative estimate of drug-likeness (QED) is 0.489. The van der Waals surface area contributed by atoms with E-state index in [0.29, 0.717) is 34.3 Å². The molecule has 1 N–H and O–H groups in total.